The highest BCUT2D eigenvalue weighted by molar-refractivity contribution is 5.45. The molecule has 0 bridgehead atoms. The largest absolute Gasteiger partial charge is 0.496 e. The van der Waals surface area contributed by atoms with Crippen LogP contribution in [0.25, 0.3) is 0 Å². The summed E-state index contributed by atoms with van der Waals surface area (Å²) in [6, 6.07) is 3.96. The molecular weight excluding hydrogens is 209 g/mol. The predicted octanol–water partition coefficient (Wildman–Crippen LogP) is 2.79. The van der Waals surface area contributed by atoms with Crippen molar-refractivity contribution in [2.24, 2.45) is 0 Å². The molecule has 15 heavy (non-hydrogen) atoms. The summed E-state index contributed by atoms with van der Waals surface area (Å²) in [5.41, 5.74) is -0.287. The van der Waals surface area contributed by atoms with Gasteiger partial charge in [0.1, 0.15) is 11.9 Å². The number of ether oxygens (including phenoxy) is 2. The molecule has 5 heteroatoms. The normalized spacial score (nSPS) is 20.1. The molecule has 2 nitrogen and oxygen atoms in total. The summed E-state index contributed by atoms with van der Waals surface area (Å²) >= 11 is 0. The molecule has 1 unspecified atom stereocenters. The van der Waals surface area contributed by atoms with Gasteiger partial charge < -0.3 is 9.47 Å². The lowest BCUT2D eigenvalue weighted by atomic mass is 10.1. The second-order valence-corrected chi connectivity index (χ2v) is 3.25. The second-order valence-electron chi connectivity index (χ2n) is 3.25. The molecule has 0 saturated carbocycles. The molecule has 1 aliphatic heterocycles. The fourth-order valence-electron chi connectivity index (χ4n) is 1.49. The number of para-hydroxylation sites is 1. The van der Waals surface area contributed by atoms with E-state index < -0.39 is 11.7 Å². The quantitative estimate of drug-likeness (QED) is 0.712. The number of alkyl halides is 3. The fourth-order valence-corrected chi connectivity index (χ4v) is 1.49. The molecule has 0 aliphatic carbocycles. The summed E-state index contributed by atoms with van der Waals surface area (Å²) in [5.74, 6) is -0.132. The molecule has 1 saturated heterocycles. The topological polar surface area (TPSA) is 21.8 Å². The summed E-state index contributed by atoms with van der Waals surface area (Å²) in [6.45, 7) is 0.456. The number of methoxy groups -OCH3 is 1. The van der Waals surface area contributed by atoms with Crippen molar-refractivity contribution in [1.29, 1.82) is 0 Å². The predicted molar refractivity (Wildman–Crippen MR) is 46.7 cm³/mol. The van der Waals surface area contributed by atoms with Gasteiger partial charge >= 0.3 is 6.18 Å². The molecule has 2 rings (SSSR count). The monoisotopic (exact) mass is 218 g/mol. The number of hydrogen-bond acceptors (Lipinski definition) is 2. The zero-order chi connectivity index (χ0) is 11.1. The Morgan fingerprint density at radius 3 is 2.53 bits per heavy atom. The van der Waals surface area contributed by atoms with E-state index in [0.717, 1.165) is 6.07 Å². The van der Waals surface area contributed by atoms with Gasteiger partial charge in [0.25, 0.3) is 0 Å². The van der Waals surface area contributed by atoms with Crippen LogP contribution in [0, 0.1) is 0 Å². The maximum Gasteiger partial charge on any atom is 0.419 e. The first-order valence-electron chi connectivity index (χ1n) is 4.39. The van der Waals surface area contributed by atoms with E-state index in [2.05, 4.69) is 0 Å². The van der Waals surface area contributed by atoms with Crippen molar-refractivity contribution in [1.82, 2.24) is 0 Å². The van der Waals surface area contributed by atoms with Crippen molar-refractivity contribution in [3.63, 3.8) is 0 Å². The first kappa shape index (κ1) is 10.3. The van der Waals surface area contributed by atoms with Gasteiger partial charge in [0.2, 0.25) is 0 Å². The van der Waals surface area contributed by atoms with E-state index in [4.69, 9.17) is 9.47 Å². The van der Waals surface area contributed by atoms with Gasteiger partial charge in [-0.3, -0.25) is 0 Å². The molecule has 1 fully saturated rings. The standard InChI is InChI=1S/C10H9F3O2/c1-14-9-6(8-5-15-8)3-2-4-7(9)10(11,12)13/h2-4,8H,5H2,1H3. The van der Waals surface area contributed by atoms with Crippen molar-refractivity contribution in [2.45, 2.75) is 12.3 Å². The summed E-state index contributed by atoms with van der Waals surface area (Å²) in [5, 5.41) is 0. The molecule has 82 valence electrons. The second kappa shape index (κ2) is 3.41. The summed E-state index contributed by atoms with van der Waals surface area (Å²) in [6.07, 6.45) is -4.64. The summed E-state index contributed by atoms with van der Waals surface area (Å²) < 4.78 is 47.5. The highest BCUT2D eigenvalue weighted by Gasteiger charge is 2.38. The third-order valence-corrected chi connectivity index (χ3v) is 2.24. The number of epoxide rings is 1. The van der Waals surface area contributed by atoms with E-state index >= 15 is 0 Å². The maximum absolute atomic E-state index is 12.6. The first-order valence-corrected chi connectivity index (χ1v) is 4.39. The Bertz CT molecular complexity index is 369. The van der Waals surface area contributed by atoms with Crippen LogP contribution >= 0.6 is 0 Å². The molecule has 0 N–H and O–H groups in total. The van der Waals surface area contributed by atoms with E-state index in [0.29, 0.717) is 12.2 Å². The van der Waals surface area contributed by atoms with Gasteiger partial charge in [-0.05, 0) is 6.07 Å². The number of benzene rings is 1. The third-order valence-electron chi connectivity index (χ3n) is 2.24. The number of rotatable bonds is 2. The number of halogens is 3. The average Bonchev–Trinajstić information content (AvgIpc) is 2.98. The minimum atomic E-state index is -4.39. The Morgan fingerprint density at radius 1 is 1.40 bits per heavy atom. The highest BCUT2D eigenvalue weighted by atomic mass is 19.4. The fraction of sp³-hybridized carbons (Fsp3) is 0.400. The van der Waals surface area contributed by atoms with Crippen molar-refractivity contribution >= 4 is 0 Å². The molecule has 1 aromatic carbocycles. The first-order chi connectivity index (χ1) is 7.04. The molecule has 1 atom stereocenters. The van der Waals surface area contributed by atoms with Crippen molar-refractivity contribution in [3.8, 4) is 5.75 Å². The van der Waals surface area contributed by atoms with E-state index in [-0.39, 0.29) is 11.9 Å². The zero-order valence-electron chi connectivity index (χ0n) is 7.97. The van der Waals surface area contributed by atoms with Gasteiger partial charge in [-0.25, -0.2) is 0 Å². The van der Waals surface area contributed by atoms with Gasteiger partial charge in [0, 0.05) is 5.56 Å². The van der Waals surface area contributed by atoms with Gasteiger partial charge in [-0.15, -0.1) is 0 Å². The Labute approximate surface area is 84.6 Å². The Hall–Kier alpha value is -1.23. The molecule has 0 spiro atoms. The van der Waals surface area contributed by atoms with Gasteiger partial charge in [0.05, 0.1) is 19.3 Å². The van der Waals surface area contributed by atoms with Crippen molar-refractivity contribution in [3.05, 3.63) is 29.3 Å². The Morgan fingerprint density at radius 2 is 2.07 bits per heavy atom. The minimum Gasteiger partial charge on any atom is -0.496 e. The summed E-state index contributed by atoms with van der Waals surface area (Å²) in [4.78, 5) is 0. The molecule has 0 aromatic heterocycles. The summed E-state index contributed by atoms with van der Waals surface area (Å²) in [7, 11) is 1.23. The van der Waals surface area contributed by atoms with Crippen molar-refractivity contribution < 1.29 is 22.6 Å². The van der Waals surface area contributed by atoms with Crippen LogP contribution in [0.15, 0.2) is 18.2 Å². The van der Waals surface area contributed by atoms with Crippen LogP contribution < -0.4 is 4.74 Å². The van der Waals surface area contributed by atoms with Crippen LogP contribution in [0.2, 0.25) is 0 Å². The van der Waals surface area contributed by atoms with E-state index in [1.165, 1.54) is 13.2 Å². The lowest BCUT2D eigenvalue weighted by Gasteiger charge is -2.14. The highest BCUT2D eigenvalue weighted by Crippen LogP contribution is 2.43. The lowest BCUT2D eigenvalue weighted by molar-refractivity contribution is -0.138. The van der Waals surface area contributed by atoms with Crippen LogP contribution in [0.1, 0.15) is 17.2 Å². The van der Waals surface area contributed by atoms with Gasteiger partial charge in [-0.1, -0.05) is 12.1 Å². The minimum absolute atomic E-state index is 0.132. The molecule has 0 amide bonds. The van der Waals surface area contributed by atoms with Crippen LogP contribution in [-0.2, 0) is 10.9 Å². The van der Waals surface area contributed by atoms with Crippen LogP contribution in [0.5, 0.6) is 5.75 Å². The molecule has 1 heterocycles. The van der Waals surface area contributed by atoms with Crippen LogP contribution in [0.4, 0.5) is 13.2 Å². The Kier molecular flexibility index (Phi) is 2.34. The lowest BCUT2D eigenvalue weighted by Crippen LogP contribution is -2.08. The molecule has 1 aliphatic rings. The Balaban J connectivity index is 2.50. The van der Waals surface area contributed by atoms with Crippen LogP contribution in [0.3, 0.4) is 0 Å². The van der Waals surface area contributed by atoms with Crippen molar-refractivity contribution in [2.75, 3.05) is 13.7 Å². The number of hydrogen-bond donors (Lipinski definition) is 0. The third kappa shape index (κ3) is 1.92. The molecular formula is C10H9F3O2. The molecule has 1 aromatic rings. The van der Waals surface area contributed by atoms with E-state index in [1.807, 2.05) is 0 Å². The smallest absolute Gasteiger partial charge is 0.419 e. The van der Waals surface area contributed by atoms with Gasteiger partial charge in [0.15, 0.2) is 0 Å². The zero-order valence-corrected chi connectivity index (χ0v) is 7.97. The maximum atomic E-state index is 12.6. The average molecular weight is 218 g/mol. The van der Waals surface area contributed by atoms with E-state index in [1.54, 1.807) is 6.07 Å². The van der Waals surface area contributed by atoms with Crippen LogP contribution in [-0.4, -0.2) is 13.7 Å². The van der Waals surface area contributed by atoms with Gasteiger partial charge in [-0.2, -0.15) is 13.2 Å². The molecule has 0 radical (unpaired) electrons. The van der Waals surface area contributed by atoms with E-state index in [9.17, 15) is 13.2 Å². The SMILES string of the molecule is COc1c(C2CO2)cccc1C(F)(F)F.